The van der Waals surface area contributed by atoms with Crippen LogP contribution in [0.15, 0.2) is 60.7 Å². The van der Waals surface area contributed by atoms with Crippen LogP contribution in [0.25, 0.3) is 22.3 Å². The van der Waals surface area contributed by atoms with Gasteiger partial charge in [-0.1, -0.05) is 36.4 Å². The summed E-state index contributed by atoms with van der Waals surface area (Å²) < 4.78 is 2.21. The number of fused-ring (bicyclic) bond motifs is 1. The molecule has 0 bridgehead atoms. The molecule has 3 aromatic rings. The van der Waals surface area contributed by atoms with E-state index in [2.05, 4.69) is 60.0 Å². The Balaban J connectivity index is 2.37. The van der Waals surface area contributed by atoms with E-state index < -0.39 is 0 Å². The molecule has 0 fully saturated rings. The van der Waals surface area contributed by atoms with Crippen LogP contribution in [0.3, 0.4) is 0 Å². The first-order valence-electron chi connectivity index (χ1n) is 6.47. The normalized spacial score (nSPS) is 12.0. The van der Waals surface area contributed by atoms with E-state index in [1.165, 1.54) is 5.57 Å². The number of imidazole rings is 1. The molecule has 0 aliphatic carbocycles. The maximum atomic E-state index is 4.75. The van der Waals surface area contributed by atoms with Gasteiger partial charge in [-0.05, 0) is 43.7 Å². The predicted molar refractivity (Wildman–Crippen MR) is 80.4 cm³/mol. The van der Waals surface area contributed by atoms with E-state index in [-0.39, 0.29) is 0 Å². The lowest BCUT2D eigenvalue weighted by atomic mass is 10.2. The number of benzene rings is 2. The first kappa shape index (κ1) is 11.7. The summed E-state index contributed by atoms with van der Waals surface area (Å²) in [5, 5.41) is 0. The van der Waals surface area contributed by atoms with Gasteiger partial charge in [0.25, 0.3) is 0 Å². The van der Waals surface area contributed by atoms with Gasteiger partial charge in [-0.2, -0.15) is 0 Å². The molecule has 0 amide bonds. The quantitative estimate of drug-likeness (QED) is 0.655. The molecule has 0 aliphatic rings. The Hall–Kier alpha value is -2.35. The average Bonchev–Trinajstić information content (AvgIpc) is 2.86. The molecule has 2 aromatic carbocycles. The van der Waals surface area contributed by atoms with Crippen LogP contribution in [0.2, 0.25) is 0 Å². The van der Waals surface area contributed by atoms with Crippen molar-refractivity contribution in [2.75, 3.05) is 0 Å². The van der Waals surface area contributed by atoms with Crippen molar-refractivity contribution < 1.29 is 0 Å². The smallest absolute Gasteiger partial charge is 0.141 e. The highest BCUT2D eigenvalue weighted by atomic mass is 15.1. The molecule has 0 radical (unpaired) electrons. The van der Waals surface area contributed by atoms with Crippen molar-refractivity contribution in [3.63, 3.8) is 0 Å². The third kappa shape index (κ3) is 1.95. The molecule has 0 atom stereocenters. The third-order valence-corrected chi connectivity index (χ3v) is 3.36. The number of hydrogen-bond donors (Lipinski definition) is 0. The van der Waals surface area contributed by atoms with Crippen molar-refractivity contribution in [3.05, 3.63) is 66.5 Å². The monoisotopic (exact) mass is 248 g/mol. The van der Waals surface area contributed by atoms with E-state index in [1.54, 1.807) is 0 Å². The molecule has 1 aromatic heterocycles. The Morgan fingerprint density at radius 2 is 1.68 bits per heavy atom. The van der Waals surface area contributed by atoms with E-state index in [0.717, 1.165) is 22.5 Å². The predicted octanol–water partition coefficient (Wildman–Crippen LogP) is 4.45. The lowest BCUT2D eigenvalue weighted by Gasteiger charge is -2.09. The minimum absolute atomic E-state index is 1.01. The van der Waals surface area contributed by atoms with Crippen LogP contribution in [0.5, 0.6) is 0 Å². The van der Waals surface area contributed by atoms with Gasteiger partial charge in [0.05, 0.1) is 11.0 Å². The number of hydrogen-bond acceptors (Lipinski definition) is 1. The molecule has 2 heteroatoms. The molecule has 0 saturated heterocycles. The van der Waals surface area contributed by atoms with Gasteiger partial charge in [0.1, 0.15) is 5.82 Å². The molecule has 0 N–H and O–H groups in total. The van der Waals surface area contributed by atoms with Gasteiger partial charge in [0.2, 0.25) is 0 Å². The topological polar surface area (TPSA) is 17.8 Å². The second-order valence-corrected chi connectivity index (χ2v) is 4.57. The molecule has 0 spiro atoms. The Morgan fingerprint density at radius 3 is 2.42 bits per heavy atom. The minimum atomic E-state index is 1.01. The first-order chi connectivity index (χ1) is 9.31. The number of allylic oxidation sites excluding steroid dienone is 2. The van der Waals surface area contributed by atoms with E-state index in [0.29, 0.717) is 0 Å². The van der Waals surface area contributed by atoms with Gasteiger partial charge in [0, 0.05) is 5.69 Å². The van der Waals surface area contributed by atoms with Gasteiger partial charge in [0.15, 0.2) is 0 Å². The van der Waals surface area contributed by atoms with Crippen molar-refractivity contribution in [2.45, 2.75) is 13.8 Å². The highest BCUT2D eigenvalue weighted by Crippen LogP contribution is 2.25. The maximum absolute atomic E-state index is 4.75. The van der Waals surface area contributed by atoms with E-state index in [4.69, 9.17) is 4.98 Å². The average molecular weight is 248 g/mol. The van der Waals surface area contributed by atoms with Gasteiger partial charge in [-0.25, -0.2) is 4.98 Å². The second-order valence-electron chi connectivity index (χ2n) is 4.57. The second kappa shape index (κ2) is 4.73. The number of aromatic nitrogens is 2. The summed E-state index contributed by atoms with van der Waals surface area (Å²) in [4.78, 5) is 4.75. The molecular weight excluding hydrogens is 232 g/mol. The lowest BCUT2D eigenvalue weighted by molar-refractivity contribution is 1.05. The molecule has 0 unspecified atom stereocenters. The van der Waals surface area contributed by atoms with Crippen molar-refractivity contribution in [1.82, 2.24) is 9.55 Å². The number of para-hydroxylation sites is 3. The summed E-state index contributed by atoms with van der Waals surface area (Å²) in [5.74, 6) is 1.01. The first-order valence-corrected chi connectivity index (χ1v) is 6.47. The largest absolute Gasteiger partial charge is 0.293 e. The fraction of sp³-hybridized carbons (Fsp3) is 0.118. The summed E-state index contributed by atoms with van der Waals surface area (Å²) in [6.45, 7) is 4.14. The fourth-order valence-electron chi connectivity index (χ4n) is 2.26. The molecule has 19 heavy (non-hydrogen) atoms. The molecule has 94 valence electrons. The summed E-state index contributed by atoms with van der Waals surface area (Å²) >= 11 is 0. The standard InChI is InChI=1S/C17H16N2/c1-3-13(2)17-18-15-11-7-8-12-16(15)19(17)14-9-5-4-6-10-14/h3-12H,1-2H3/b13-3+. The summed E-state index contributed by atoms with van der Waals surface area (Å²) in [6.07, 6.45) is 2.10. The van der Waals surface area contributed by atoms with E-state index >= 15 is 0 Å². The van der Waals surface area contributed by atoms with E-state index in [9.17, 15) is 0 Å². The van der Waals surface area contributed by atoms with Crippen molar-refractivity contribution in [3.8, 4) is 5.69 Å². The minimum Gasteiger partial charge on any atom is -0.293 e. The SMILES string of the molecule is C/C=C(\C)c1nc2ccccc2n1-c1ccccc1. The third-order valence-electron chi connectivity index (χ3n) is 3.36. The molecule has 0 saturated carbocycles. The number of nitrogens with zero attached hydrogens (tertiary/aromatic N) is 2. The molecule has 2 nitrogen and oxygen atoms in total. The molecule has 3 rings (SSSR count). The van der Waals surface area contributed by atoms with Crippen molar-refractivity contribution in [1.29, 1.82) is 0 Å². The van der Waals surface area contributed by atoms with Crippen LogP contribution in [0, 0.1) is 0 Å². The lowest BCUT2D eigenvalue weighted by Crippen LogP contribution is -1.99. The van der Waals surface area contributed by atoms with Crippen LogP contribution >= 0.6 is 0 Å². The molecule has 0 aliphatic heterocycles. The van der Waals surface area contributed by atoms with Crippen LogP contribution < -0.4 is 0 Å². The van der Waals surface area contributed by atoms with Gasteiger partial charge < -0.3 is 0 Å². The Bertz CT molecular complexity index is 736. The highest BCUT2D eigenvalue weighted by Gasteiger charge is 2.12. The maximum Gasteiger partial charge on any atom is 0.141 e. The molecular formula is C17H16N2. The van der Waals surface area contributed by atoms with Crippen LogP contribution in [-0.2, 0) is 0 Å². The zero-order chi connectivity index (χ0) is 13.2. The van der Waals surface area contributed by atoms with Crippen LogP contribution in [-0.4, -0.2) is 9.55 Å². The van der Waals surface area contributed by atoms with Crippen LogP contribution in [0.4, 0.5) is 0 Å². The Kier molecular flexibility index (Phi) is 2.92. The van der Waals surface area contributed by atoms with Gasteiger partial charge in [-0.15, -0.1) is 0 Å². The Morgan fingerprint density at radius 1 is 1.00 bits per heavy atom. The van der Waals surface area contributed by atoms with Crippen molar-refractivity contribution in [2.24, 2.45) is 0 Å². The fourth-order valence-corrected chi connectivity index (χ4v) is 2.26. The zero-order valence-corrected chi connectivity index (χ0v) is 11.2. The van der Waals surface area contributed by atoms with Gasteiger partial charge >= 0.3 is 0 Å². The van der Waals surface area contributed by atoms with Gasteiger partial charge in [-0.3, -0.25) is 4.57 Å². The summed E-state index contributed by atoms with van der Waals surface area (Å²) in [6, 6.07) is 18.6. The van der Waals surface area contributed by atoms with Crippen molar-refractivity contribution >= 4 is 16.6 Å². The zero-order valence-electron chi connectivity index (χ0n) is 11.2. The molecule has 1 heterocycles. The highest BCUT2D eigenvalue weighted by molar-refractivity contribution is 5.82. The van der Waals surface area contributed by atoms with Crippen LogP contribution in [0.1, 0.15) is 19.7 Å². The number of rotatable bonds is 2. The summed E-state index contributed by atoms with van der Waals surface area (Å²) in [7, 11) is 0. The summed E-state index contributed by atoms with van der Waals surface area (Å²) in [5.41, 5.74) is 4.50. The Labute approximate surface area is 113 Å². The van der Waals surface area contributed by atoms with E-state index in [1.807, 2.05) is 19.1 Å².